The van der Waals surface area contributed by atoms with Crippen molar-refractivity contribution in [2.24, 2.45) is 5.10 Å². The topological polar surface area (TPSA) is 59.9 Å². The molecule has 1 N–H and O–H groups in total. The molecule has 1 amide bonds. The lowest BCUT2D eigenvalue weighted by Crippen LogP contribution is -2.19. The van der Waals surface area contributed by atoms with Crippen molar-refractivity contribution in [1.82, 2.24) is 5.43 Å². The molecular weight excluding hydrogens is 336 g/mol. The minimum Gasteiger partial charge on any atom is -0.497 e. The fourth-order valence-corrected chi connectivity index (χ4v) is 3.07. The molecule has 0 spiro atoms. The van der Waals surface area contributed by atoms with E-state index in [1.165, 1.54) is 11.1 Å². The van der Waals surface area contributed by atoms with Gasteiger partial charge in [0.1, 0.15) is 11.5 Å². The summed E-state index contributed by atoms with van der Waals surface area (Å²) >= 11 is 1.56. The van der Waals surface area contributed by atoms with E-state index in [2.05, 4.69) is 29.6 Å². The molecule has 0 fully saturated rings. The number of nitrogens with one attached hydrogen (secondary N) is 1. The smallest absolute Gasteiger partial charge is 0.250 e. The van der Waals surface area contributed by atoms with Crippen LogP contribution in [0, 0.1) is 6.92 Å². The van der Waals surface area contributed by atoms with Gasteiger partial charge in [0.15, 0.2) is 0 Å². The third-order valence-electron chi connectivity index (χ3n) is 3.58. The number of benzene rings is 2. The molecule has 0 aliphatic rings. The lowest BCUT2D eigenvalue weighted by Gasteiger charge is -2.07. The molecule has 0 aliphatic heterocycles. The molecule has 0 radical (unpaired) electrons. The first kappa shape index (κ1) is 18.9. The number of rotatable bonds is 8. The molecule has 0 unspecified atom stereocenters. The fraction of sp³-hybridized carbons (Fsp3) is 0.263. The second-order valence-electron chi connectivity index (χ2n) is 5.32. The van der Waals surface area contributed by atoms with Gasteiger partial charge in [0.05, 0.1) is 26.2 Å². The number of nitrogens with zero attached hydrogens (tertiary/aromatic N) is 1. The molecule has 0 saturated heterocycles. The summed E-state index contributed by atoms with van der Waals surface area (Å²) in [5.74, 6) is 2.36. The number of thioether (sulfide) groups is 1. The van der Waals surface area contributed by atoms with Gasteiger partial charge in [-0.15, -0.1) is 11.8 Å². The van der Waals surface area contributed by atoms with E-state index in [9.17, 15) is 4.79 Å². The molecule has 0 aromatic heterocycles. The molecule has 2 aromatic carbocycles. The van der Waals surface area contributed by atoms with Gasteiger partial charge in [-0.2, -0.15) is 5.10 Å². The Bertz CT molecular complexity index is 747. The van der Waals surface area contributed by atoms with Gasteiger partial charge in [0.2, 0.25) is 5.91 Å². The lowest BCUT2D eigenvalue weighted by molar-refractivity contribution is -0.118. The van der Waals surface area contributed by atoms with Crippen molar-refractivity contribution in [3.05, 3.63) is 59.2 Å². The summed E-state index contributed by atoms with van der Waals surface area (Å²) in [6.07, 6.45) is 1.55. The van der Waals surface area contributed by atoms with E-state index in [0.717, 1.165) is 11.3 Å². The summed E-state index contributed by atoms with van der Waals surface area (Å²) < 4.78 is 10.4. The van der Waals surface area contributed by atoms with E-state index in [0.29, 0.717) is 17.3 Å². The number of carbonyl (C=O) groups excluding carboxylic acids is 1. The molecule has 2 rings (SSSR count). The van der Waals surface area contributed by atoms with Crippen LogP contribution in [0.2, 0.25) is 0 Å². The van der Waals surface area contributed by atoms with Crippen LogP contribution in [0.15, 0.2) is 47.6 Å². The number of methoxy groups -OCH3 is 2. The van der Waals surface area contributed by atoms with Crippen LogP contribution < -0.4 is 14.9 Å². The highest BCUT2D eigenvalue weighted by molar-refractivity contribution is 7.99. The maximum atomic E-state index is 11.9. The fourth-order valence-electron chi connectivity index (χ4n) is 2.17. The molecule has 6 heteroatoms. The Morgan fingerprint density at radius 2 is 2.00 bits per heavy atom. The number of hydrogen-bond donors (Lipinski definition) is 1. The molecule has 0 bridgehead atoms. The third kappa shape index (κ3) is 5.83. The standard InChI is InChI=1S/C19H22N2O3S/c1-14-6-4-5-7-15(14)12-25-13-19(22)21-20-11-16-10-17(23-2)8-9-18(16)24-3/h4-11H,12-13H2,1-3H3,(H,21,22)/b20-11-. The molecule has 0 saturated carbocycles. The Balaban J connectivity index is 1.83. The maximum Gasteiger partial charge on any atom is 0.250 e. The zero-order chi connectivity index (χ0) is 18.1. The zero-order valence-electron chi connectivity index (χ0n) is 14.6. The van der Waals surface area contributed by atoms with Crippen LogP contribution in [0.4, 0.5) is 0 Å². The second kappa shape index (κ2) is 9.74. The minimum atomic E-state index is -0.142. The zero-order valence-corrected chi connectivity index (χ0v) is 15.4. The van der Waals surface area contributed by atoms with E-state index >= 15 is 0 Å². The Labute approximate surface area is 152 Å². The highest BCUT2D eigenvalue weighted by Gasteiger charge is 2.04. The number of carbonyl (C=O) groups is 1. The van der Waals surface area contributed by atoms with Crippen molar-refractivity contribution >= 4 is 23.9 Å². The molecule has 132 valence electrons. The Kier molecular flexibility index (Phi) is 7.35. The first-order valence-corrected chi connectivity index (χ1v) is 8.95. The summed E-state index contributed by atoms with van der Waals surface area (Å²) in [6, 6.07) is 13.6. The van der Waals surface area contributed by atoms with E-state index in [1.807, 2.05) is 12.1 Å². The summed E-state index contributed by atoms with van der Waals surface area (Å²) in [5.41, 5.74) is 5.74. The van der Waals surface area contributed by atoms with Crippen LogP contribution in [0.25, 0.3) is 0 Å². The van der Waals surface area contributed by atoms with E-state index in [4.69, 9.17) is 9.47 Å². The van der Waals surface area contributed by atoms with Gasteiger partial charge in [-0.25, -0.2) is 5.43 Å². The second-order valence-corrected chi connectivity index (χ2v) is 6.31. The van der Waals surface area contributed by atoms with Crippen LogP contribution >= 0.6 is 11.8 Å². The SMILES string of the molecule is COc1ccc(OC)c(/C=N\NC(=O)CSCc2ccccc2C)c1. The number of hydrogen-bond acceptors (Lipinski definition) is 5. The van der Waals surface area contributed by atoms with Crippen LogP contribution in [0.5, 0.6) is 11.5 Å². The number of aryl methyl sites for hydroxylation is 1. The number of hydrazone groups is 1. The molecule has 0 atom stereocenters. The Hall–Kier alpha value is -2.47. The molecule has 2 aromatic rings. The van der Waals surface area contributed by atoms with Crippen molar-refractivity contribution < 1.29 is 14.3 Å². The normalized spacial score (nSPS) is 10.7. The highest BCUT2D eigenvalue weighted by atomic mass is 32.2. The van der Waals surface area contributed by atoms with Crippen LogP contribution in [-0.2, 0) is 10.5 Å². The summed E-state index contributed by atoms with van der Waals surface area (Å²) in [4.78, 5) is 11.9. The highest BCUT2D eigenvalue weighted by Crippen LogP contribution is 2.22. The van der Waals surface area contributed by atoms with Crippen molar-refractivity contribution in [3.8, 4) is 11.5 Å². The summed E-state index contributed by atoms with van der Waals surface area (Å²) in [5, 5.41) is 4.00. The lowest BCUT2D eigenvalue weighted by atomic mass is 10.1. The minimum absolute atomic E-state index is 0.142. The molecule has 0 heterocycles. The van der Waals surface area contributed by atoms with Gasteiger partial charge in [-0.05, 0) is 36.2 Å². The van der Waals surface area contributed by atoms with Crippen LogP contribution in [0.1, 0.15) is 16.7 Å². The first-order chi connectivity index (χ1) is 12.1. The van der Waals surface area contributed by atoms with Crippen molar-refractivity contribution in [1.29, 1.82) is 0 Å². The first-order valence-electron chi connectivity index (χ1n) is 7.80. The quantitative estimate of drug-likeness (QED) is 0.580. The van der Waals surface area contributed by atoms with Crippen molar-refractivity contribution in [2.45, 2.75) is 12.7 Å². The van der Waals surface area contributed by atoms with Crippen LogP contribution in [-0.4, -0.2) is 32.1 Å². The van der Waals surface area contributed by atoms with Gasteiger partial charge < -0.3 is 9.47 Å². The third-order valence-corrected chi connectivity index (χ3v) is 4.56. The van der Waals surface area contributed by atoms with Crippen molar-refractivity contribution in [2.75, 3.05) is 20.0 Å². The largest absolute Gasteiger partial charge is 0.497 e. The predicted octanol–water partition coefficient (Wildman–Crippen LogP) is 3.40. The maximum absolute atomic E-state index is 11.9. The number of amides is 1. The van der Waals surface area contributed by atoms with E-state index in [-0.39, 0.29) is 5.91 Å². The van der Waals surface area contributed by atoms with Gasteiger partial charge >= 0.3 is 0 Å². The van der Waals surface area contributed by atoms with Crippen LogP contribution in [0.3, 0.4) is 0 Å². The Morgan fingerprint density at radius 1 is 1.20 bits per heavy atom. The molecule has 25 heavy (non-hydrogen) atoms. The van der Waals surface area contributed by atoms with Gasteiger partial charge in [0.25, 0.3) is 0 Å². The van der Waals surface area contributed by atoms with Gasteiger partial charge in [-0.3, -0.25) is 4.79 Å². The van der Waals surface area contributed by atoms with Gasteiger partial charge in [-0.1, -0.05) is 24.3 Å². The molecular formula is C19H22N2O3S. The number of ether oxygens (including phenoxy) is 2. The monoisotopic (exact) mass is 358 g/mol. The molecule has 0 aliphatic carbocycles. The Morgan fingerprint density at radius 3 is 2.72 bits per heavy atom. The average molecular weight is 358 g/mol. The summed E-state index contributed by atoms with van der Waals surface area (Å²) in [7, 11) is 3.18. The van der Waals surface area contributed by atoms with Crippen molar-refractivity contribution in [3.63, 3.8) is 0 Å². The van der Waals surface area contributed by atoms with E-state index in [1.54, 1.807) is 50.4 Å². The molecule has 5 nitrogen and oxygen atoms in total. The van der Waals surface area contributed by atoms with Gasteiger partial charge in [0, 0.05) is 11.3 Å². The van der Waals surface area contributed by atoms with E-state index < -0.39 is 0 Å². The predicted molar refractivity (Wildman–Crippen MR) is 103 cm³/mol. The summed E-state index contributed by atoms with van der Waals surface area (Å²) in [6.45, 7) is 2.07. The average Bonchev–Trinajstić information content (AvgIpc) is 2.63.